The molecule has 0 spiro atoms. The van der Waals surface area contributed by atoms with Crippen LogP contribution in [0.15, 0.2) is 24.3 Å². The molecule has 1 N–H and O–H groups in total. The topological polar surface area (TPSA) is 38.3 Å². The van der Waals surface area contributed by atoms with Crippen LogP contribution in [0, 0.1) is 5.92 Å². The fourth-order valence-electron chi connectivity index (χ4n) is 2.65. The van der Waals surface area contributed by atoms with Crippen LogP contribution < -0.4 is 5.32 Å². The molecule has 1 aliphatic heterocycles. The van der Waals surface area contributed by atoms with E-state index in [2.05, 4.69) is 12.2 Å². The Kier molecular flexibility index (Phi) is 5.86. The lowest BCUT2D eigenvalue weighted by atomic mass is 9.93. The molecule has 0 radical (unpaired) electrons. The van der Waals surface area contributed by atoms with Crippen LogP contribution in [0.4, 0.5) is 0 Å². The highest BCUT2D eigenvalue weighted by Crippen LogP contribution is 2.22. The van der Waals surface area contributed by atoms with E-state index in [-0.39, 0.29) is 5.91 Å². The number of carbonyl (C=O) groups excluding carboxylic acids is 1. The van der Waals surface area contributed by atoms with Gasteiger partial charge in [0.05, 0.1) is 12.5 Å². The van der Waals surface area contributed by atoms with E-state index in [0.717, 1.165) is 38.0 Å². The van der Waals surface area contributed by atoms with Crippen LogP contribution in [0.25, 0.3) is 0 Å². The van der Waals surface area contributed by atoms with Crippen LogP contribution in [0.3, 0.4) is 0 Å². The molecule has 0 saturated carbocycles. The molecule has 1 aromatic rings. The van der Waals surface area contributed by atoms with Crippen molar-refractivity contribution in [3.05, 3.63) is 34.9 Å². The first-order chi connectivity index (χ1) is 9.65. The summed E-state index contributed by atoms with van der Waals surface area (Å²) in [6.45, 7) is 3.70. The second-order valence-electron chi connectivity index (χ2n) is 5.48. The van der Waals surface area contributed by atoms with Crippen LogP contribution in [0.1, 0.15) is 31.7 Å². The zero-order valence-electron chi connectivity index (χ0n) is 11.9. The Morgan fingerprint density at radius 1 is 1.45 bits per heavy atom. The van der Waals surface area contributed by atoms with Crippen LogP contribution >= 0.6 is 11.6 Å². The van der Waals surface area contributed by atoms with E-state index in [1.54, 1.807) is 0 Å². The Balaban J connectivity index is 1.69. The van der Waals surface area contributed by atoms with Gasteiger partial charge in [-0.2, -0.15) is 0 Å². The first-order valence-corrected chi connectivity index (χ1v) is 7.64. The largest absolute Gasteiger partial charge is 0.378 e. The average molecular weight is 296 g/mol. The second-order valence-corrected chi connectivity index (χ2v) is 5.89. The molecule has 2 rings (SSSR count). The zero-order valence-corrected chi connectivity index (χ0v) is 12.7. The summed E-state index contributed by atoms with van der Waals surface area (Å²) >= 11 is 6.05. The smallest absolute Gasteiger partial charge is 0.224 e. The number of carbonyl (C=O) groups is 1. The van der Waals surface area contributed by atoms with Crippen molar-refractivity contribution in [3.63, 3.8) is 0 Å². The van der Waals surface area contributed by atoms with Gasteiger partial charge in [-0.05, 0) is 43.7 Å². The molecular weight excluding hydrogens is 274 g/mol. The minimum absolute atomic E-state index is 0.0400. The van der Waals surface area contributed by atoms with Gasteiger partial charge in [-0.1, -0.05) is 29.8 Å². The minimum atomic E-state index is 0.0400. The fraction of sp³-hybridized carbons (Fsp3) is 0.562. The molecule has 1 aliphatic rings. The molecule has 20 heavy (non-hydrogen) atoms. The van der Waals surface area contributed by atoms with Crippen molar-refractivity contribution >= 4 is 17.5 Å². The van der Waals surface area contributed by atoms with Crippen molar-refractivity contribution in [2.75, 3.05) is 13.2 Å². The maximum absolute atomic E-state index is 11.9. The van der Waals surface area contributed by atoms with Gasteiger partial charge in [-0.25, -0.2) is 0 Å². The van der Waals surface area contributed by atoms with Gasteiger partial charge in [-0.3, -0.25) is 4.79 Å². The van der Waals surface area contributed by atoms with Crippen molar-refractivity contribution in [1.29, 1.82) is 0 Å². The number of rotatable bonds is 5. The van der Waals surface area contributed by atoms with Crippen molar-refractivity contribution in [1.82, 2.24) is 5.32 Å². The van der Waals surface area contributed by atoms with Crippen molar-refractivity contribution in [2.24, 2.45) is 5.92 Å². The van der Waals surface area contributed by atoms with E-state index >= 15 is 0 Å². The molecular formula is C16H22ClNO2. The van der Waals surface area contributed by atoms with E-state index in [4.69, 9.17) is 16.3 Å². The first-order valence-electron chi connectivity index (χ1n) is 7.27. The molecule has 2 atom stereocenters. The summed E-state index contributed by atoms with van der Waals surface area (Å²) in [6, 6.07) is 7.48. The Labute approximate surface area is 125 Å². The number of hydrogen-bond acceptors (Lipinski definition) is 2. The number of amides is 1. The van der Waals surface area contributed by atoms with Crippen LogP contribution in [0.5, 0.6) is 0 Å². The van der Waals surface area contributed by atoms with E-state index in [0.29, 0.717) is 23.5 Å². The highest BCUT2D eigenvalue weighted by atomic mass is 35.5. The van der Waals surface area contributed by atoms with Crippen LogP contribution in [-0.2, 0) is 16.0 Å². The molecule has 1 heterocycles. The SMILES string of the molecule is C[C@H]1C[C@H](CCNC(=O)Cc2ccccc2Cl)CCO1. The Morgan fingerprint density at radius 3 is 3.00 bits per heavy atom. The summed E-state index contributed by atoms with van der Waals surface area (Å²) in [5.41, 5.74) is 0.881. The highest BCUT2D eigenvalue weighted by Gasteiger charge is 2.19. The fourth-order valence-corrected chi connectivity index (χ4v) is 2.85. The van der Waals surface area contributed by atoms with Gasteiger partial charge >= 0.3 is 0 Å². The van der Waals surface area contributed by atoms with Gasteiger partial charge in [-0.15, -0.1) is 0 Å². The van der Waals surface area contributed by atoms with E-state index in [1.165, 1.54) is 0 Å². The number of benzene rings is 1. The maximum atomic E-state index is 11.9. The molecule has 0 bridgehead atoms. The van der Waals surface area contributed by atoms with E-state index in [9.17, 15) is 4.79 Å². The molecule has 3 nitrogen and oxygen atoms in total. The predicted molar refractivity (Wildman–Crippen MR) is 80.9 cm³/mol. The molecule has 110 valence electrons. The second kappa shape index (κ2) is 7.65. The number of hydrogen-bond donors (Lipinski definition) is 1. The molecule has 1 amide bonds. The molecule has 0 unspecified atom stereocenters. The number of ether oxygens (including phenoxy) is 1. The van der Waals surface area contributed by atoms with Gasteiger partial charge in [0.25, 0.3) is 0 Å². The lowest BCUT2D eigenvalue weighted by molar-refractivity contribution is -0.120. The standard InChI is InChI=1S/C16H22ClNO2/c1-12-10-13(7-9-20-12)6-8-18-16(19)11-14-4-2-3-5-15(14)17/h2-5,12-13H,6-11H2,1H3,(H,18,19)/t12-,13+/m0/s1. The molecule has 4 heteroatoms. The van der Waals surface area contributed by atoms with E-state index < -0.39 is 0 Å². The zero-order chi connectivity index (χ0) is 14.4. The van der Waals surface area contributed by atoms with Gasteiger partial charge in [0.15, 0.2) is 0 Å². The molecule has 1 saturated heterocycles. The highest BCUT2D eigenvalue weighted by molar-refractivity contribution is 6.31. The molecule has 0 aliphatic carbocycles. The quantitative estimate of drug-likeness (QED) is 0.906. The third kappa shape index (κ3) is 4.80. The first kappa shape index (κ1) is 15.3. The Hall–Kier alpha value is -1.06. The van der Waals surface area contributed by atoms with Crippen LogP contribution in [-0.4, -0.2) is 25.2 Å². The van der Waals surface area contributed by atoms with Gasteiger partial charge < -0.3 is 10.1 Å². The summed E-state index contributed by atoms with van der Waals surface area (Å²) < 4.78 is 5.53. The minimum Gasteiger partial charge on any atom is -0.378 e. The molecule has 1 fully saturated rings. The summed E-state index contributed by atoms with van der Waals surface area (Å²) in [6.07, 6.45) is 3.93. The normalized spacial score (nSPS) is 22.5. The van der Waals surface area contributed by atoms with Gasteiger partial charge in [0, 0.05) is 18.2 Å². The van der Waals surface area contributed by atoms with Crippen molar-refractivity contribution < 1.29 is 9.53 Å². The maximum Gasteiger partial charge on any atom is 0.224 e. The summed E-state index contributed by atoms with van der Waals surface area (Å²) in [5, 5.41) is 3.64. The number of nitrogens with one attached hydrogen (secondary N) is 1. The third-order valence-corrected chi connectivity index (χ3v) is 4.15. The lowest BCUT2D eigenvalue weighted by Crippen LogP contribution is -2.30. The monoisotopic (exact) mass is 295 g/mol. The Morgan fingerprint density at radius 2 is 2.25 bits per heavy atom. The number of halogens is 1. The molecule has 1 aromatic carbocycles. The van der Waals surface area contributed by atoms with Gasteiger partial charge in [0.1, 0.15) is 0 Å². The average Bonchev–Trinajstić information content (AvgIpc) is 2.41. The predicted octanol–water partition coefficient (Wildman–Crippen LogP) is 3.20. The van der Waals surface area contributed by atoms with Crippen LogP contribution in [0.2, 0.25) is 5.02 Å². The van der Waals surface area contributed by atoms with Crippen molar-refractivity contribution in [3.8, 4) is 0 Å². The summed E-state index contributed by atoms with van der Waals surface area (Å²) in [4.78, 5) is 11.9. The summed E-state index contributed by atoms with van der Waals surface area (Å²) in [7, 11) is 0. The lowest BCUT2D eigenvalue weighted by Gasteiger charge is -2.27. The summed E-state index contributed by atoms with van der Waals surface area (Å²) in [5.74, 6) is 0.706. The van der Waals surface area contributed by atoms with E-state index in [1.807, 2.05) is 24.3 Å². The van der Waals surface area contributed by atoms with Gasteiger partial charge in [0.2, 0.25) is 5.91 Å². The van der Waals surface area contributed by atoms with Crippen molar-refractivity contribution in [2.45, 2.75) is 38.7 Å². The third-order valence-electron chi connectivity index (χ3n) is 3.78. The molecule has 0 aromatic heterocycles. The Bertz CT molecular complexity index is 450.